The van der Waals surface area contributed by atoms with Crippen LogP contribution in [0.2, 0.25) is 10.0 Å². The first-order valence-electron chi connectivity index (χ1n) is 6.31. The fourth-order valence-corrected chi connectivity index (χ4v) is 2.36. The third kappa shape index (κ3) is 4.36. The number of nitrogens with zero attached hydrogens (tertiary/aromatic N) is 1. The van der Waals surface area contributed by atoms with Crippen LogP contribution in [-0.4, -0.2) is 11.0 Å². The van der Waals surface area contributed by atoms with Crippen molar-refractivity contribution in [3.8, 4) is 0 Å². The quantitative estimate of drug-likeness (QED) is 0.342. The summed E-state index contributed by atoms with van der Waals surface area (Å²) in [5.74, 6) is 0.0373. The lowest BCUT2D eigenvalue weighted by molar-refractivity contribution is 0.318. The van der Waals surface area contributed by atoms with Crippen LogP contribution in [0.4, 0.5) is 0 Å². The van der Waals surface area contributed by atoms with Gasteiger partial charge >= 0.3 is 0 Å². The van der Waals surface area contributed by atoms with E-state index in [4.69, 9.17) is 34.1 Å². The molecule has 2 aromatic carbocycles. The van der Waals surface area contributed by atoms with E-state index < -0.39 is 0 Å². The lowest BCUT2D eigenvalue weighted by Gasteiger charge is -2.08. The second-order valence-corrected chi connectivity index (χ2v) is 5.37. The van der Waals surface area contributed by atoms with Crippen molar-refractivity contribution in [1.82, 2.24) is 5.32 Å². The van der Waals surface area contributed by atoms with Gasteiger partial charge in [-0.3, -0.25) is 0 Å². The van der Waals surface area contributed by atoms with Crippen LogP contribution in [0, 0.1) is 0 Å². The molecule has 0 aromatic heterocycles. The lowest BCUT2D eigenvalue weighted by Crippen LogP contribution is -2.15. The maximum Gasteiger partial charge on any atom is 0.170 e. The second kappa shape index (κ2) is 7.31. The van der Waals surface area contributed by atoms with Crippen LogP contribution in [0.1, 0.15) is 16.7 Å². The van der Waals surface area contributed by atoms with Crippen molar-refractivity contribution in [3.63, 3.8) is 0 Å². The average Bonchev–Trinajstić information content (AvgIpc) is 2.48. The summed E-state index contributed by atoms with van der Waals surface area (Å²) < 4.78 is 0. The highest BCUT2D eigenvalue weighted by Crippen LogP contribution is 2.18. The second-order valence-electron chi connectivity index (χ2n) is 4.52. The number of nitrogens with two attached hydrogens (primary N) is 1. The first kappa shape index (κ1) is 15.6. The van der Waals surface area contributed by atoms with E-state index in [0.29, 0.717) is 23.7 Å². The molecule has 21 heavy (non-hydrogen) atoms. The summed E-state index contributed by atoms with van der Waals surface area (Å²) in [5.41, 5.74) is 8.14. The summed E-state index contributed by atoms with van der Waals surface area (Å²) in [4.78, 5) is 0. The van der Waals surface area contributed by atoms with Gasteiger partial charge < -0.3 is 16.3 Å². The molecule has 0 amide bonds. The summed E-state index contributed by atoms with van der Waals surface area (Å²) in [5, 5.41) is 16.2. The molecule has 0 bridgehead atoms. The SMILES string of the molecule is N/C(=N/O)c1ccc(CNCc2cccc(Cl)c2)c(Cl)c1. The van der Waals surface area contributed by atoms with E-state index >= 15 is 0 Å². The van der Waals surface area contributed by atoms with Crippen molar-refractivity contribution < 1.29 is 5.21 Å². The van der Waals surface area contributed by atoms with Gasteiger partial charge in [0, 0.05) is 28.7 Å². The van der Waals surface area contributed by atoms with Crippen molar-refractivity contribution in [1.29, 1.82) is 0 Å². The Bertz CT molecular complexity index is 659. The zero-order chi connectivity index (χ0) is 15.2. The van der Waals surface area contributed by atoms with E-state index in [9.17, 15) is 0 Å². The lowest BCUT2D eigenvalue weighted by atomic mass is 10.1. The zero-order valence-electron chi connectivity index (χ0n) is 11.2. The molecule has 4 nitrogen and oxygen atoms in total. The van der Waals surface area contributed by atoms with Gasteiger partial charge in [0.25, 0.3) is 0 Å². The van der Waals surface area contributed by atoms with Gasteiger partial charge in [-0.15, -0.1) is 0 Å². The van der Waals surface area contributed by atoms with Gasteiger partial charge in [0.1, 0.15) is 0 Å². The van der Waals surface area contributed by atoms with Gasteiger partial charge in [-0.2, -0.15) is 0 Å². The minimum Gasteiger partial charge on any atom is -0.409 e. The monoisotopic (exact) mass is 323 g/mol. The molecule has 2 aromatic rings. The maximum atomic E-state index is 8.64. The number of benzene rings is 2. The fourth-order valence-electron chi connectivity index (χ4n) is 1.90. The smallest absolute Gasteiger partial charge is 0.170 e. The summed E-state index contributed by atoms with van der Waals surface area (Å²) in [6, 6.07) is 13.0. The van der Waals surface area contributed by atoms with E-state index in [1.165, 1.54) is 0 Å². The van der Waals surface area contributed by atoms with E-state index in [1.807, 2.05) is 30.3 Å². The number of hydrogen-bond acceptors (Lipinski definition) is 3. The van der Waals surface area contributed by atoms with Gasteiger partial charge in [-0.1, -0.05) is 52.6 Å². The first-order chi connectivity index (χ1) is 10.1. The molecule has 0 fully saturated rings. The molecule has 0 aliphatic rings. The van der Waals surface area contributed by atoms with Crippen LogP contribution < -0.4 is 11.1 Å². The summed E-state index contributed by atoms with van der Waals surface area (Å²) in [7, 11) is 0. The number of halogens is 2. The van der Waals surface area contributed by atoms with Crippen molar-refractivity contribution >= 4 is 29.0 Å². The highest BCUT2D eigenvalue weighted by Gasteiger charge is 2.05. The standard InChI is InChI=1S/C15H15Cl2N3O/c16-13-3-1-2-10(6-13)8-19-9-12-5-4-11(7-14(12)17)15(18)20-21/h1-7,19,21H,8-9H2,(H2,18,20). The van der Waals surface area contributed by atoms with E-state index in [-0.39, 0.29) is 5.84 Å². The molecule has 0 aliphatic heterocycles. The Labute approximate surface area is 133 Å². The predicted molar refractivity (Wildman–Crippen MR) is 86.0 cm³/mol. The molecule has 0 radical (unpaired) electrons. The Morgan fingerprint density at radius 1 is 1.14 bits per heavy atom. The van der Waals surface area contributed by atoms with Gasteiger partial charge in [0.15, 0.2) is 5.84 Å². The van der Waals surface area contributed by atoms with E-state index in [2.05, 4.69) is 10.5 Å². The first-order valence-corrected chi connectivity index (χ1v) is 7.07. The van der Waals surface area contributed by atoms with E-state index in [1.54, 1.807) is 12.1 Å². The van der Waals surface area contributed by atoms with Crippen LogP contribution in [0.3, 0.4) is 0 Å². The summed E-state index contributed by atoms with van der Waals surface area (Å²) in [6.45, 7) is 1.31. The topological polar surface area (TPSA) is 70.6 Å². The Kier molecular flexibility index (Phi) is 5.44. The van der Waals surface area contributed by atoms with Crippen LogP contribution in [0.5, 0.6) is 0 Å². The molecule has 4 N–H and O–H groups in total. The number of nitrogens with one attached hydrogen (secondary N) is 1. The van der Waals surface area contributed by atoms with Crippen molar-refractivity contribution in [2.75, 3.05) is 0 Å². The third-order valence-electron chi connectivity index (χ3n) is 2.99. The number of amidine groups is 1. The molecule has 0 saturated carbocycles. The van der Waals surface area contributed by atoms with Crippen molar-refractivity contribution in [2.24, 2.45) is 10.9 Å². The molecular formula is C15H15Cl2N3O. The molecule has 0 unspecified atom stereocenters. The van der Waals surface area contributed by atoms with Crippen LogP contribution >= 0.6 is 23.2 Å². The van der Waals surface area contributed by atoms with Gasteiger partial charge in [-0.25, -0.2) is 0 Å². The minimum atomic E-state index is 0.0373. The zero-order valence-corrected chi connectivity index (χ0v) is 12.7. The van der Waals surface area contributed by atoms with Crippen molar-refractivity contribution in [2.45, 2.75) is 13.1 Å². The highest BCUT2D eigenvalue weighted by atomic mass is 35.5. The number of oxime groups is 1. The molecule has 6 heteroatoms. The molecule has 0 heterocycles. The van der Waals surface area contributed by atoms with Crippen LogP contribution in [-0.2, 0) is 13.1 Å². The number of hydrogen-bond donors (Lipinski definition) is 3. The molecule has 0 saturated heterocycles. The summed E-state index contributed by atoms with van der Waals surface area (Å²) >= 11 is 12.1. The molecular weight excluding hydrogens is 309 g/mol. The molecule has 0 atom stereocenters. The number of rotatable bonds is 5. The fraction of sp³-hybridized carbons (Fsp3) is 0.133. The van der Waals surface area contributed by atoms with Gasteiger partial charge in [-0.05, 0) is 29.3 Å². The predicted octanol–water partition coefficient (Wildman–Crippen LogP) is 3.38. The average molecular weight is 324 g/mol. The maximum absolute atomic E-state index is 8.64. The largest absolute Gasteiger partial charge is 0.409 e. The van der Waals surface area contributed by atoms with Gasteiger partial charge in [0.05, 0.1) is 0 Å². The van der Waals surface area contributed by atoms with Crippen LogP contribution in [0.15, 0.2) is 47.6 Å². The molecule has 0 spiro atoms. The Hall–Kier alpha value is -1.75. The minimum absolute atomic E-state index is 0.0373. The molecule has 2 rings (SSSR count). The summed E-state index contributed by atoms with van der Waals surface area (Å²) in [6.07, 6.45) is 0. The highest BCUT2D eigenvalue weighted by molar-refractivity contribution is 6.31. The third-order valence-corrected chi connectivity index (χ3v) is 3.58. The Morgan fingerprint density at radius 2 is 1.95 bits per heavy atom. The molecule has 110 valence electrons. The Balaban J connectivity index is 1.97. The van der Waals surface area contributed by atoms with Gasteiger partial charge in [0.2, 0.25) is 0 Å². The van der Waals surface area contributed by atoms with Crippen LogP contribution in [0.25, 0.3) is 0 Å². The van der Waals surface area contributed by atoms with Crippen molar-refractivity contribution in [3.05, 3.63) is 69.2 Å². The van der Waals surface area contributed by atoms with E-state index in [0.717, 1.165) is 16.1 Å². The Morgan fingerprint density at radius 3 is 2.62 bits per heavy atom. The molecule has 0 aliphatic carbocycles. The normalized spacial score (nSPS) is 11.6.